The molecule has 0 saturated heterocycles. The van der Waals surface area contributed by atoms with E-state index in [4.69, 9.17) is 5.73 Å². The Morgan fingerprint density at radius 2 is 1.62 bits per heavy atom. The molecule has 0 aliphatic heterocycles. The Kier molecular flexibility index (Phi) is 4.67. The lowest BCUT2D eigenvalue weighted by Gasteiger charge is -2.25. The molecule has 0 radical (unpaired) electrons. The number of carbonyl (C=O) groups excluding carboxylic acids is 2. The first-order valence-corrected chi connectivity index (χ1v) is 4.88. The largest absolute Gasteiger partial charge is 0.369 e. The fourth-order valence-electron chi connectivity index (χ4n) is 1.60. The molecule has 0 bridgehead atoms. The Hall–Kier alpha value is -0.860. The molecular weight excluding hydrogens is 166 g/mol. The molecule has 2 N–H and O–H groups in total. The zero-order valence-electron chi connectivity index (χ0n) is 8.72. The molecule has 0 saturated carbocycles. The first kappa shape index (κ1) is 12.1. The molecule has 3 heteroatoms. The van der Waals surface area contributed by atoms with Crippen LogP contribution in [-0.2, 0) is 9.59 Å². The number of hydrogen-bond donors (Lipinski definition) is 1. The van der Waals surface area contributed by atoms with Crippen molar-refractivity contribution >= 4 is 11.7 Å². The molecule has 0 aliphatic carbocycles. The van der Waals surface area contributed by atoms with Gasteiger partial charge in [-0.05, 0) is 19.3 Å². The van der Waals surface area contributed by atoms with Crippen molar-refractivity contribution in [3.63, 3.8) is 0 Å². The van der Waals surface area contributed by atoms with Gasteiger partial charge in [0.15, 0.2) is 0 Å². The summed E-state index contributed by atoms with van der Waals surface area (Å²) in [5.41, 5.74) is 4.36. The van der Waals surface area contributed by atoms with Crippen LogP contribution in [0.3, 0.4) is 0 Å². The summed E-state index contributed by atoms with van der Waals surface area (Å²) >= 11 is 0. The number of primary amides is 1. The summed E-state index contributed by atoms with van der Waals surface area (Å²) in [6.07, 6.45) is 2.24. The molecule has 13 heavy (non-hydrogen) atoms. The quantitative estimate of drug-likeness (QED) is 0.639. The van der Waals surface area contributed by atoms with E-state index in [1.165, 1.54) is 0 Å². The number of nitrogens with two attached hydrogens (primary N) is 1. The van der Waals surface area contributed by atoms with E-state index in [0.29, 0.717) is 19.3 Å². The summed E-state index contributed by atoms with van der Waals surface area (Å²) in [6.45, 7) is 5.60. The Bertz CT molecular complexity index is 195. The zero-order valence-corrected chi connectivity index (χ0v) is 8.72. The maximum Gasteiger partial charge on any atom is 0.231 e. The van der Waals surface area contributed by atoms with E-state index in [1.54, 1.807) is 0 Å². The number of ketones is 1. The molecule has 0 atom stereocenters. The fraction of sp³-hybridized carbons (Fsp3) is 0.800. The maximum absolute atomic E-state index is 11.7. The van der Waals surface area contributed by atoms with Crippen LogP contribution < -0.4 is 5.73 Å². The van der Waals surface area contributed by atoms with Gasteiger partial charge in [-0.3, -0.25) is 9.59 Å². The van der Waals surface area contributed by atoms with Crippen LogP contribution in [0.25, 0.3) is 0 Å². The minimum absolute atomic E-state index is 0.00694. The van der Waals surface area contributed by atoms with Gasteiger partial charge in [-0.25, -0.2) is 0 Å². The number of hydrogen-bond acceptors (Lipinski definition) is 2. The number of Topliss-reactive ketones (excluding diaryl/α,β-unsaturated/α-hetero) is 1. The molecule has 0 aromatic rings. The van der Waals surface area contributed by atoms with Crippen molar-refractivity contribution in [1.29, 1.82) is 0 Å². The predicted octanol–water partition coefficient (Wildman–Crippen LogP) is 1.65. The van der Waals surface area contributed by atoms with Crippen LogP contribution in [0.4, 0.5) is 0 Å². The molecule has 0 aliphatic rings. The lowest BCUT2D eigenvalue weighted by molar-refractivity contribution is -0.140. The molecule has 0 aromatic carbocycles. The molecule has 0 heterocycles. The molecule has 76 valence electrons. The average molecular weight is 185 g/mol. The maximum atomic E-state index is 11.7. The first-order valence-electron chi connectivity index (χ1n) is 4.88. The van der Waals surface area contributed by atoms with Crippen molar-refractivity contribution in [2.24, 2.45) is 11.1 Å². The zero-order chi connectivity index (χ0) is 10.5. The van der Waals surface area contributed by atoms with Crippen molar-refractivity contribution < 1.29 is 9.59 Å². The van der Waals surface area contributed by atoms with Crippen molar-refractivity contribution in [2.45, 2.75) is 46.5 Å². The number of carbonyl (C=O) groups is 2. The van der Waals surface area contributed by atoms with E-state index in [0.717, 1.165) is 6.42 Å². The summed E-state index contributed by atoms with van der Waals surface area (Å²) in [7, 11) is 0. The van der Waals surface area contributed by atoms with Crippen molar-refractivity contribution in [2.75, 3.05) is 0 Å². The van der Waals surface area contributed by atoms with Gasteiger partial charge >= 0.3 is 0 Å². The van der Waals surface area contributed by atoms with Gasteiger partial charge in [0.1, 0.15) is 11.2 Å². The smallest absolute Gasteiger partial charge is 0.231 e. The lowest BCUT2D eigenvalue weighted by atomic mass is 9.76. The monoisotopic (exact) mass is 185 g/mol. The summed E-state index contributed by atoms with van der Waals surface area (Å²) in [6, 6.07) is 0. The fourth-order valence-corrected chi connectivity index (χ4v) is 1.60. The second-order valence-electron chi connectivity index (χ2n) is 3.33. The molecule has 0 aromatic heterocycles. The average Bonchev–Trinajstić information content (AvgIpc) is 2.07. The number of rotatable bonds is 6. The highest BCUT2D eigenvalue weighted by molar-refractivity contribution is 6.05. The van der Waals surface area contributed by atoms with E-state index >= 15 is 0 Å². The van der Waals surface area contributed by atoms with Crippen LogP contribution in [0.5, 0.6) is 0 Å². The topological polar surface area (TPSA) is 60.2 Å². The number of amides is 1. The second-order valence-corrected chi connectivity index (χ2v) is 3.33. The van der Waals surface area contributed by atoms with Crippen LogP contribution in [0.15, 0.2) is 0 Å². The van der Waals surface area contributed by atoms with Crippen LogP contribution in [0, 0.1) is 5.41 Å². The Morgan fingerprint density at radius 1 is 1.15 bits per heavy atom. The SMILES string of the molecule is CCCC(=O)C(CC)(CC)C(N)=O. The molecule has 0 spiro atoms. The first-order chi connectivity index (χ1) is 6.05. The summed E-state index contributed by atoms with van der Waals surface area (Å²) < 4.78 is 0. The van der Waals surface area contributed by atoms with Gasteiger partial charge in [0, 0.05) is 6.42 Å². The van der Waals surface area contributed by atoms with E-state index in [-0.39, 0.29) is 5.78 Å². The lowest BCUT2D eigenvalue weighted by Crippen LogP contribution is -2.42. The van der Waals surface area contributed by atoms with Gasteiger partial charge in [0.2, 0.25) is 5.91 Å². The van der Waals surface area contributed by atoms with E-state index in [2.05, 4.69) is 0 Å². The van der Waals surface area contributed by atoms with Crippen molar-refractivity contribution in [3.8, 4) is 0 Å². The molecule has 0 rings (SSSR count). The standard InChI is InChI=1S/C10H19NO2/c1-4-7-8(12)10(5-2,6-3)9(11)13/h4-7H2,1-3H3,(H2,11,13). The third-order valence-electron chi connectivity index (χ3n) is 2.69. The van der Waals surface area contributed by atoms with Crippen LogP contribution in [0.2, 0.25) is 0 Å². The Balaban J connectivity index is 4.75. The van der Waals surface area contributed by atoms with E-state index in [1.807, 2.05) is 20.8 Å². The van der Waals surface area contributed by atoms with Gasteiger partial charge in [0.25, 0.3) is 0 Å². The van der Waals surface area contributed by atoms with Gasteiger partial charge < -0.3 is 5.73 Å². The van der Waals surface area contributed by atoms with Crippen LogP contribution >= 0.6 is 0 Å². The van der Waals surface area contributed by atoms with Gasteiger partial charge in [-0.1, -0.05) is 20.8 Å². The second kappa shape index (κ2) is 5.00. The van der Waals surface area contributed by atoms with E-state index < -0.39 is 11.3 Å². The van der Waals surface area contributed by atoms with Crippen molar-refractivity contribution in [1.82, 2.24) is 0 Å². The third kappa shape index (κ3) is 2.29. The highest BCUT2D eigenvalue weighted by Gasteiger charge is 2.39. The molecule has 0 fully saturated rings. The summed E-state index contributed by atoms with van der Waals surface area (Å²) in [4.78, 5) is 22.9. The minimum atomic E-state index is -0.907. The third-order valence-corrected chi connectivity index (χ3v) is 2.69. The highest BCUT2D eigenvalue weighted by Crippen LogP contribution is 2.28. The molecule has 0 unspecified atom stereocenters. The normalized spacial score (nSPS) is 11.3. The van der Waals surface area contributed by atoms with E-state index in [9.17, 15) is 9.59 Å². The summed E-state index contributed by atoms with van der Waals surface area (Å²) in [5.74, 6) is -0.483. The van der Waals surface area contributed by atoms with Crippen LogP contribution in [-0.4, -0.2) is 11.7 Å². The molecular formula is C10H19NO2. The van der Waals surface area contributed by atoms with Gasteiger partial charge in [-0.2, -0.15) is 0 Å². The highest BCUT2D eigenvalue weighted by atomic mass is 16.2. The van der Waals surface area contributed by atoms with Crippen molar-refractivity contribution in [3.05, 3.63) is 0 Å². The van der Waals surface area contributed by atoms with Gasteiger partial charge in [0.05, 0.1) is 0 Å². The Labute approximate surface area is 79.7 Å². The van der Waals surface area contributed by atoms with Crippen LogP contribution in [0.1, 0.15) is 46.5 Å². The Morgan fingerprint density at radius 3 is 1.85 bits per heavy atom. The summed E-state index contributed by atoms with van der Waals surface area (Å²) in [5, 5.41) is 0. The minimum Gasteiger partial charge on any atom is -0.369 e. The molecule has 1 amide bonds. The molecule has 3 nitrogen and oxygen atoms in total. The predicted molar refractivity (Wildman–Crippen MR) is 52.1 cm³/mol. The van der Waals surface area contributed by atoms with Gasteiger partial charge in [-0.15, -0.1) is 0 Å².